The lowest BCUT2D eigenvalue weighted by Gasteiger charge is -2.32. The van der Waals surface area contributed by atoms with Gasteiger partial charge in [-0.15, -0.1) is 0 Å². The minimum absolute atomic E-state index is 0.0676. The summed E-state index contributed by atoms with van der Waals surface area (Å²) < 4.78 is 48.0. The first-order chi connectivity index (χ1) is 13.0. The Hall–Kier alpha value is -2.61. The van der Waals surface area contributed by atoms with Crippen LogP contribution in [0.15, 0.2) is 47.9 Å². The Morgan fingerprint density at radius 2 is 1.81 bits per heavy atom. The molecule has 1 aliphatic carbocycles. The number of rotatable bonds is 6. The van der Waals surface area contributed by atoms with Crippen LogP contribution in [0.1, 0.15) is 16.8 Å². The molecular weight excluding hydrogens is 363 g/mol. The van der Waals surface area contributed by atoms with Gasteiger partial charge in [-0.3, -0.25) is 9.59 Å². The number of carbonyl (C=O) groups excluding carboxylic acids is 2. The van der Waals surface area contributed by atoms with E-state index in [1.165, 1.54) is 36.4 Å². The molecule has 0 spiro atoms. The summed E-state index contributed by atoms with van der Waals surface area (Å²) in [5.74, 6) is -2.72. The fourth-order valence-electron chi connectivity index (χ4n) is 3.02. The average molecular weight is 381 g/mol. The van der Waals surface area contributed by atoms with E-state index >= 15 is 0 Å². The van der Waals surface area contributed by atoms with E-state index in [9.17, 15) is 22.8 Å². The van der Waals surface area contributed by atoms with E-state index in [0.29, 0.717) is 32.0 Å². The molecule has 144 valence electrons. The van der Waals surface area contributed by atoms with Crippen molar-refractivity contribution >= 4 is 11.6 Å². The predicted octanol–water partition coefficient (Wildman–Crippen LogP) is 3.13. The van der Waals surface area contributed by atoms with Gasteiger partial charge in [-0.1, -0.05) is 0 Å². The summed E-state index contributed by atoms with van der Waals surface area (Å²) in [5.41, 5.74) is 0.370. The monoisotopic (exact) mass is 381 g/mol. The van der Waals surface area contributed by atoms with Crippen molar-refractivity contribution in [1.82, 2.24) is 4.90 Å². The number of hydrogen-bond donors (Lipinski definition) is 0. The molecule has 1 aliphatic heterocycles. The number of ketones is 2. The second-order valence-corrected chi connectivity index (χ2v) is 6.14. The van der Waals surface area contributed by atoms with Crippen LogP contribution in [0.2, 0.25) is 0 Å². The van der Waals surface area contributed by atoms with Gasteiger partial charge in [0.05, 0.1) is 18.9 Å². The van der Waals surface area contributed by atoms with Crippen molar-refractivity contribution in [1.29, 1.82) is 0 Å². The first-order valence-corrected chi connectivity index (χ1v) is 8.49. The molecular formula is C19H18F3NO4. The van der Waals surface area contributed by atoms with Gasteiger partial charge in [0.25, 0.3) is 0 Å². The van der Waals surface area contributed by atoms with Crippen LogP contribution in [0.4, 0.5) is 13.2 Å². The molecule has 8 heteroatoms. The summed E-state index contributed by atoms with van der Waals surface area (Å²) in [5, 5.41) is 0. The van der Waals surface area contributed by atoms with Crippen LogP contribution in [0.5, 0.6) is 5.75 Å². The topological polar surface area (TPSA) is 55.8 Å². The highest BCUT2D eigenvalue weighted by molar-refractivity contribution is 6.44. The normalized spacial score (nSPS) is 20.1. The lowest BCUT2D eigenvalue weighted by molar-refractivity contribution is -0.117. The zero-order chi connectivity index (χ0) is 19.4. The highest BCUT2D eigenvalue weighted by atomic mass is 19.3. The zero-order valence-electron chi connectivity index (χ0n) is 14.4. The van der Waals surface area contributed by atoms with Gasteiger partial charge in [-0.2, -0.15) is 8.78 Å². The smallest absolute Gasteiger partial charge is 0.387 e. The lowest BCUT2D eigenvalue weighted by atomic mass is 9.89. The molecule has 1 aromatic carbocycles. The number of halogens is 3. The van der Waals surface area contributed by atoms with Gasteiger partial charge in [-0.05, 0) is 42.8 Å². The van der Waals surface area contributed by atoms with E-state index in [4.69, 9.17) is 4.74 Å². The van der Waals surface area contributed by atoms with Crippen molar-refractivity contribution in [3.63, 3.8) is 0 Å². The molecule has 1 unspecified atom stereocenters. The van der Waals surface area contributed by atoms with Crippen LogP contribution < -0.4 is 4.74 Å². The highest BCUT2D eigenvalue weighted by Gasteiger charge is 2.29. The number of alkyl halides is 2. The third-order valence-electron chi connectivity index (χ3n) is 4.41. The minimum atomic E-state index is -2.97. The van der Waals surface area contributed by atoms with Crippen LogP contribution in [0, 0.1) is 5.92 Å². The van der Waals surface area contributed by atoms with E-state index in [0.717, 1.165) is 0 Å². The first-order valence-electron chi connectivity index (χ1n) is 8.49. The van der Waals surface area contributed by atoms with E-state index in [2.05, 4.69) is 4.74 Å². The molecule has 27 heavy (non-hydrogen) atoms. The Morgan fingerprint density at radius 1 is 1.15 bits per heavy atom. The number of hydrogen-bond acceptors (Lipinski definition) is 5. The molecule has 3 rings (SSSR count). The molecule has 0 saturated carbocycles. The van der Waals surface area contributed by atoms with Gasteiger partial charge >= 0.3 is 6.61 Å². The van der Waals surface area contributed by atoms with Crippen molar-refractivity contribution in [3.05, 3.63) is 53.5 Å². The maximum atomic E-state index is 14.2. The number of carbonyl (C=O) groups is 2. The van der Waals surface area contributed by atoms with E-state index < -0.39 is 29.9 Å². The second kappa shape index (κ2) is 8.39. The summed E-state index contributed by atoms with van der Waals surface area (Å²) in [6, 6.07) is 4.90. The fraction of sp³-hybridized carbons (Fsp3) is 0.368. The van der Waals surface area contributed by atoms with E-state index in [1.807, 2.05) is 0 Å². The zero-order valence-corrected chi connectivity index (χ0v) is 14.4. The van der Waals surface area contributed by atoms with Gasteiger partial charge in [-0.25, -0.2) is 4.39 Å². The molecule has 0 radical (unpaired) electrons. The van der Waals surface area contributed by atoms with Crippen LogP contribution in [0.3, 0.4) is 0 Å². The Morgan fingerprint density at radius 3 is 2.44 bits per heavy atom. The molecule has 1 aromatic rings. The summed E-state index contributed by atoms with van der Waals surface area (Å²) in [6.45, 7) is -1.02. The molecule has 1 heterocycles. The van der Waals surface area contributed by atoms with Gasteiger partial charge in [0.1, 0.15) is 11.6 Å². The van der Waals surface area contributed by atoms with Crippen LogP contribution in [-0.4, -0.2) is 49.4 Å². The van der Waals surface area contributed by atoms with Crippen LogP contribution >= 0.6 is 0 Å². The number of ether oxygens (including phenoxy) is 2. The largest absolute Gasteiger partial charge is 0.435 e. The van der Waals surface area contributed by atoms with Gasteiger partial charge in [0.2, 0.25) is 11.6 Å². The number of nitrogens with zero attached hydrogens (tertiary/aromatic N) is 1. The third kappa shape index (κ3) is 4.57. The van der Waals surface area contributed by atoms with Gasteiger partial charge in [0, 0.05) is 24.6 Å². The van der Waals surface area contributed by atoms with Crippen molar-refractivity contribution in [2.24, 2.45) is 5.92 Å². The van der Waals surface area contributed by atoms with Crippen molar-refractivity contribution in [2.75, 3.05) is 26.3 Å². The molecule has 1 atom stereocenters. The van der Waals surface area contributed by atoms with Gasteiger partial charge < -0.3 is 14.4 Å². The summed E-state index contributed by atoms with van der Waals surface area (Å²) in [4.78, 5) is 26.8. The number of benzene rings is 1. The van der Waals surface area contributed by atoms with E-state index in [-0.39, 0.29) is 17.7 Å². The Bertz CT molecular complexity index is 768. The van der Waals surface area contributed by atoms with Crippen molar-refractivity contribution in [2.45, 2.75) is 13.0 Å². The molecule has 0 aromatic heterocycles. The maximum absolute atomic E-state index is 14.2. The van der Waals surface area contributed by atoms with Crippen LogP contribution in [-0.2, 0) is 9.53 Å². The molecule has 1 fully saturated rings. The summed E-state index contributed by atoms with van der Waals surface area (Å²) in [7, 11) is 0. The van der Waals surface area contributed by atoms with Crippen LogP contribution in [0.25, 0.3) is 0 Å². The molecule has 0 bridgehead atoms. The van der Waals surface area contributed by atoms with Crippen molar-refractivity contribution in [3.8, 4) is 5.75 Å². The number of allylic oxidation sites excluding steroid dienone is 3. The maximum Gasteiger partial charge on any atom is 0.387 e. The molecule has 0 N–H and O–H groups in total. The summed E-state index contributed by atoms with van der Waals surface area (Å²) in [6.07, 6.45) is 2.88. The second-order valence-electron chi connectivity index (χ2n) is 6.14. The molecule has 0 amide bonds. The Labute approximate surface area is 154 Å². The highest BCUT2D eigenvalue weighted by Crippen LogP contribution is 2.28. The Balaban J connectivity index is 1.72. The fourth-order valence-corrected chi connectivity index (χ4v) is 3.02. The average Bonchev–Trinajstić information content (AvgIpc) is 2.68. The Kier molecular flexibility index (Phi) is 5.95. The SMILES string of the molecule is O=C(C(=O)C1C=C(N2CCOCC2)C(F)=CC1)c1ccc(OC(F)F)cc1. The summed E-state index contributed by atoms with van der Waals surface area (Å²) >= 11 is 0. The number of Topliss-reactive ketones (excluding diaryl/α,β-unsaturated/α-hetero) is 2. The van der Waals surface area contributed by atoms with Gasteiger partial charge in [0.15, 0.2) is 0 Å². The van der Waals surface area contributed by atoms with E-state index in [1.54, 1.807) is 4.90 Å². The predicted molar refractivity (Wildman–Crippen MR) is 90.2 cm³/mol. The molecule has 1 saturated heterocycles. The number of morpholine rings is 1. The quantitative estimate of drug-likeness (QED) is 0.560. The molecule has 2 aliphatic rings. The lowest BCUT2D eigenvalue weighted by Crippen LogP contribution is -2.37. The molecule has 5 nitrogen and oxygen atoms in total. The first kappa shape index (κ1) is 19.2. The third-order valence-corrected chi connectivity index (χ3v) is 4.41. The minimum Gasteiger partial charge on any atom is -0.435 e. The standard InChI is InChI=1S/C19H18F3NO4/c20-15-6-3-13(11-16(15)23-7-9-26-10-8-23)18(25)17(24)12-1-4-14(5-2-12)27-19(21)22/h1-2,4-6,11,13,19H,3,7-10H2. The van der Waals surface area contributed by atoms with Crippen molar-refractivity contribution < 1.29 is 32.2 Å².